The summed E-state index contributed by atoms with van der Waals surface area (Å²) in [6.07, 6.45) is 0.448. The van der Waals surface area contributed by atoms with Gasteiger partial charge in [-0.25, -0.2) is 4.98 Å². The Bertz CT molecular complexity index is 887. The average Bonchev–Trinajstić information content (AvgIpc) is 2.91. The molecule has 0 bridgehead atoms. The molecule has 0 N–H and O–H groups in total. The second-order valence-electron chi connectivity index (χ2n) is 5.12. The van der Waals surface area contributed by atoms with Crippen LogP contribution < -0.4 is 4.74 Å². The maximum atomic E-state index is 12.4. The summed E-state index contributed by atoms with van der Waals surface area (Å²) in [5.41, 5.74) is 3.59. The Morgan fingerprint density at radius 2 is 2.04 bits per heavy atom. The van der Waals surface area contributed by atoms with E-state index in [0.29, 0.717) is 17.7 Å². The number of benzene rings is 2. The predicted octanol–water partition coefficient (Wildman–Crippen LogP) is 4.53. The number of hydrogen-bond donors (Lipinski definition) is 0. The molecule has 0 spiro atoms. The Morgan fingerprint density at radius 3 is 2.74 bits per heavy atom. The molecule has 23 heavy (non-hydrogen) atoms. The minimum atomic E-state index is -3.02. The van der Waals surface area contributed by atoms with E-state index in [1.807, 2.05) is 32.0 Å². The summed E-state index contributed by atoms with van der Waals surface area (Å²) in [7, 11) is 0. The molecule has 1 aromatic heterocycles. The van der Waals surface area contributed by atoms with E-state index in [0.717, 1.165) is 16.7 Å². The van der Waals surface area contributed by atoms with Crippen molar-refractivity contribution in [3.63, 3.8) is 0 Å². The van der Waals surface area contributed by atoms with Crippen molar-refractivity contribution in [3.05, 3.63) is 47.0 Å². The molecule has 0 fully saturated rings. The number of oxazole rings is 1. The SMILES string of the molecule is Cc1cccc(-c2nc3cc(C=O)c(OC(F)F)cc3o2)c1C. The van der Waals surface area contributed by atoms with Gasteiger partial charge in [0.25, 0.3) is 0 Å². The van der Waals surface area contributed by atoms with Gasteiger partial charge >= 0.3 is 6.61 Å². The number of halogens is 2. The summed E-state index contributed by atoms with van der Waals surface area (Å²) < 4.78 is 34.8. The standard InChI is InChI=1S/C17H13F2NO3/c1-9-4-3-5-12(10(9)2)16-20-13-6-11(8-21)14(23-17(18)19)7-15(13)22-16/h3-8,17H,1-2H3. The lowest BCUT2D eigenvalue weighted by molar-refractivity contribution is -0.0500. The number of aldehydes is 1. The van der Waals surface area contributed by atoms with Crippen molar-refractivity contribution in [2.24, 2.45) is 0 Å². The number of aromatic nitrogens is 1. The number of rotatable bonds is 4. The van der Waals surface area contributed by atoms with Crippen LogP contribution in [0.15, 0.2) is 34.7 Å². The van der Waals surface area contributed by atoms with Gasteiger partial charge in [-0.15, -0.1) is 0 Å². The van der Waals surface area contributed by atoms with Crippen molar-refractivity contribution >= 4 is 17.4 Å². The molecule has 6 heteroatoms. The third-order valence-electron chi connectivity index (χ3n) is 3.70. The van der Waals surface area contributed by atoms with Crippen molar-refractivity contribution in [3.8, 4) is 17.2 Å². The molecule has 0 aliphatic carbocycles. The van der Waals surface area contributed by atoms with Crippen LogP contribution in [0, 0.1) is 13.8 Å². The van der Waals surface area contributed by atoms with Crippen molar-refractivity contribution in [1.29, 1.82) is 0 Å². The zero-order valence-corrected chi connectivity index (χ0v) is 12.5. The molecule has 0 atom stereocenters. The maximum Gasteiger partial charge on any atom is 0.387 e. The second kappa shape index (κ2) is 5.79. The molecule has 0 unspecified atom stereocenters. The third kappa shape index (κ3) is 2.79. The van der Waals surface area contributed by atoms with Gasteiger partial charge in [0.1, 0.15) is 11.3 Å². The lowest BCUT2D eigenvalue weighted by atomic mass is 10.0. The van der Waals surface area contributed by atoms with Crippen LogP contribution in [0.3, 0.4) is 0 Å². The third-order valence-corrected chi connectivity index (χ3v) is 3.70. The number of nitrogens with zero attached hydrogens (tertiary/aromatic N) is 1. The van der Waals surface area contributed by atoms with Crippen LogP contribution in [0.4, 0.5) is 8.78 Å². The van der Waals surface area contributed by atoms with Crippen LogP contribution >= 0.6 is 0 Å². The minimum absolute atomic E-state index is 0.00128. The van der Waals surface area contributed by atoms with Crippen LogP contribution in [0.1, 0.15) is 21.5 Å². The highest BCUT2D eigenvalue weighted by Gasteiger charge is 2.16. The van der Waals surface area contributed by atoms with E-state index >= 15 is 0 Å². The van der Waals surface area contributed by atoms with Gasteiger partial charge in [-0.1, -0.05) is 12.1 Å². The van der Waals surface area contributed by atoms with Gasteiger partial charge in [-0.3, -0.25) is 4.79 Å². The van der Waals surface area contributed by atoms with Crippen LogP contribution in [0.5, 0.6) is 5.75 Å². The highest BCUT2D eigenvalue weighted by atomic mass is 19.3. The highest BCUT2D eigenvalue weighted by Crippen LogP contribution is 2.32. The highest BCUT2D eigenvalue weighted by molar-refractivity contribution is 5.89. The van der Waals surface area contributed by atoms with Crippen molar-refractivity contribution < 1.29 is 22.7 Å². The molecular weight excluding hydrogens is 304 g/mol. The quantitative estimate of drug-likeness (QED) is 0.664. The number of alkyl halides is 2. The molecule has 0 saturated carbocycles. The average molecular weight is 317 g/mol. The largest absolute Gasteiger partial charge is 0.436 e. The molecule has 3 aromatic rings. The van der Waals surface area contributed by atoms with Crippen LogP contribution in [-0.4, -0.2) is 17.9 Å². The van der Waals surface area contributed by atoms with Crippen molar-refractivity contribution in [1.82, 2.24) is 4.98 Å². The number of carbonyl (C=O) groups excluding carboxylic acids is 1. The number of hydrogen-bond acceptors (Lipinski definition) is 4. The molecule has 4 nitrogen and oxygen atoms in total. The lowest BCUT2D eigenvalue weighted by Gasteiger charge is -2.05. The fraction of sp³-hybridized carbons (Fsp3) is 0.176. The first-order valence-electron chi connectivity index (χ1n) is 6.90. The van der Waals surface area contributed by atoms with E-state index < -0.39 is 6.61 Å². The van der Waals surface area contributed by atoms with Crippen LogP contribution in [0.2, 0.25) is 0 Å². The van der Waals surface area contributed by atoms with Crippen LogP contribution in [0.25, 0.3) is 22.6 Å². The van der Waals surface area contributed by atoms with Crippen molar-refractivity contribution in [2.75, 3.05) is 0 Å². The first kappa shape index (κ1) is 15.1. The molecule has 0 aliphatic heterocycles. The normalized spacial score (nSPS) is 11.2. The monoisotopic (exact) mass is 317 g/mol. The van der Waals surface area contributed by atoms with Gasteiger partial charge in [0, 0.05) is 11.6 Å². The summed E-state index contributed by atoms with van der Waals surface area (Å²) in [5.74, 6) is 0.137. The smallest absolute Gasteiger partial charge is 0.387 e. The van der Waals surface area contributed by atoms with Crippen LogP contribution in [-0.2, 0) is 0 Å². The fourth-order valence-corrected chi connectivity index (χ4v) is 2.36. The molecule has 0 saturated heterocycles. The van der Waals surface area contributed by atoms with Gasteiger partial charge in [-0.2, -0.15) is 8.78 Å². The number of carbonyl (C=O) groups is 1. The zero-order chi connectivity index (χ0) is 16.6. The number of ether oxygens (including phenoxy) is 1. The van der Waals surface area contributed by atoms with Gasteiger partial charge < -0.3 is 9.15 Å². The Kier molecular flexibility index (Phi) is 3.82. The van der Waals surface area contributed by atoms with E-state index in [1.165, 1.54) is 12.1 Å². The summed E-state index contributed by atoms with van der Waals surface area (Å²) >= 11 is 0. The fourth-order valence-electron chi connectivity index (χ4n) is 2.36. The Morgan fingerprint density at radius 1 is 1.26 bits per heavy atom. The maximum absolute atomic E-state index is 12.4. The van der Waals surface area contributed by atoms with Gasteiger partial charge in [0.05, 0.1) is 5.56 Å². The number of aryl methyl sites for hydroxylation is 1. The molecule has 2 aromatic carbocycles. The molecule has 0 radical (unpaired) electrons. The Labute approximate surface area is 130 Å². The molecule has 0 amide bonds. The molecule has 118 valence electrons. The summed E-state index contributed by atoms with van der Waals surface area (Å²) in [5, 5.41) is 0. The first-order chi connectivity index (χ1) is 11.0. The first-order valence-corrected chi connectivity index (χ1v) is 6.90. The Balaban J connectivity index is 2.15. The van der Waals surface area contributed by atoms with E-state index in [2.05, 4.69) is 9.72 Å². The van der Waals surface area contributed by atoms with Gasteiger partial charge in [0.2, 0.25) is 5.89 Å². The lowest BCUT2D eigenvalue weighted by Crippen LogP contribution is -2.04. The van der Waals surface area contributed by atoms with E-state index in [4.69, 9.17) is 4.42 Å². The second-order valence-corrected chi connectivity index (χ2v) is 5.12. The van der Waals surface area contributed by atoms with E-state index in [-0.39, 0.29) is 16.9 Å². The summed E-state index contributed by atoms with van der Waals surface area (Å²) in [4.78, 5) is 15.4. The molecule has 1 heterocycles. The molecule has 0 aliphatic rings. The molecule has 3 rings (SSSR count). The van der Waals surface area contributed by atoms with Crippen molar-refractivity contribution in [2.45, 2.75) is 20.5 Å². The van der Waals surface area contributed by atoms with Gasteiger partial charge in [0.15, 0.2) is 11.9 Å². The van der Waals surface area contributed by atoms with E-state index in [9.17, 15) is 13.6 Å². The number of fused-ring (bicyclic) bond motifs is 1. The van der Waals surface area contributed by atoms with E-state index in [1.54, 1.807) is 0 Å². The predicted molar refractivity (Wildman–Crippen MR) is 80.9 cm³/mol. The zero-order valence-electron chi connectivity index (χ0n) is 12.5. The Hall–Kier alpha value is -2.76. The molecular formula is C17H13F2NO3. The minimum Gasteiger partial charge on any atom is -0.436 e. The summed E-state index contributed by atoms with van der Waals surface area (Å²) in [6, 6.07) is 8.35. The summed E-state index contributed by atoms with van der Waals surface area (Å²) in [6.45, 7) is 0.898. The van der Waals surface area contributed by atoms with Gasteiger partial charge in [-0.05, 0) is 37.1 Å². The topological polar surface area (TPSA) is 52.3 Å².